The minimum absolute atomic E-state index is 0.0877. The van der Waals surface area contributed by atoms with E-state index in [4.69, 9.17) is 9.47 Å². The average molecular weight is 916 g/mol. The Morgan fingerprint density at radius 3 is 1.17 bits per heavy atom. The molecule has 0 aromatic heterocycles. The lowest BCUT2D eigenvalue weighted by Crippen LogP contribution is -2.19. The van der Waals surface area contributed by atoms with Gasteiger partial charge in [0.25, 0.3) is 0 Å². The summed E-state index contributed by atoms with van der Waals surface area (Å²) in [4.78, 5) is 0. The van der Waals surface area contributed by atoms with Crippen molar-refractivity contribution in [2.24, 2.45) is 0 Å². The van der Waals surface area contributed by atoms with E-state index in [1.54, 1.807) is 0 Å². The van der Waals surface area contributed by atoms with Crippen molar-refractivity contribution < 1.29 is 9.47 Å². The summed E-state index contributed by atoms with van der Waals surface area (Å²) in [5.41, 5.74) is 2.03. The van der Waals surface area contributed by atoms with Crippen LogP contribution in [0.1, 0.15) is 25.0 Å². The quantitative estimate of drug-likeness (QED) is 0.246. The molecule has 2 nitrogen and oxygen atoms in total. The van der Waals surface area contributed by atoms with Gasteiger partial charge in [-0.25, -0.2) is 0 Å². The van der Waals surface area contributed by atoms with E-state index >= 15 is 0 Å². The maximum Gasteiger partial charge on any atom is 0.147 e. The summed E-state index contributed by atoms with van der Waals surface area (Å²) in [6.45, 7) is 5.39. The molecule has 2 rings (SSSR count). The third-order valence-electron chi connectivity index (χ3n) is 4.15. The monoisotopic (exact) mass is 907 g/mol. The standard InChI is InChI=1S/C19H16Br8O2/c1-19(2,9-3-11(20)17(12(21)4-9)28-7-15(24)25)10-5-13(22)18(14(23)6-10)29-8-16(26)27/h3-6,15-16H,7-8H2,1-2H3. The smallest absolute Gasteiger partial charge is 0.147 e. The highest BCUT2D eigenvalue weighted by Crippen LogP contribution is 2.44. The molecule has 0 spiro atoms. The summed E-state index contributed by atoms with van der Waals surface area (Å²) in [5, 5.41) is 0. The van der Waals surface area contributed by atoms with Gasteiger partial charge in [-0.3, -0.25) is 0 Å². The molecule has 160 valence electrons. The lowest BCUT2D eigenvalue weighted by molar-refractivity contribution is 0.335. The molecule has 0 heterocycles. The van der Waals surface area contributed by atoms with Crippen LogP contribution in [0.2, 0.25) is 0 Å². The zero-order valence-electron chi connectivity index (χ0n) is 15.2. The summed E-state index contributed by atoms with van der Waals surface area (Å²) in [7, 11) is 0. The first kappa shape index (κ1) is 27.1. The van der Waals surface area contributed by atoms with Crippen molar-refractivity contribution in [2.75, 3.05) is 13.2 Å². The second kappa shape index (κ2) is 11.8. The Labute approximate surface area is 238 Å². The van der Waals surface area contributed by atoms with Gasteiger partial charge >= 0.3 is 0 Å². The summed E-state index contributed by atoms with van der Waals surface area (Å²) in [6, 6.07) is 8.40. The fourth-order valence-corrected chi connectivity index (χ4v) is 5.94. The zero-order chi connectivity index (χ0) is 21.9. The number of benzene rings is 2. The molecule has 0 bridgehead atoms. The van der Waals surface area contributed by atoms with Crippen molar-refractivity contribution in [3.8, 4) is 11.5 Å². The number of rotatable bonds is 8. The maximum absolute atomic E-state index is 5.88. The Morgan fingerprint density at radius 2 is 0.931 bits per heavy atom. The molecule has 0 aliphatic carbocycles. The maximum atomic E-state index is 5.88. The van der Waals surface area contributed by atoms with Gasteiger partial charge in [0.1, 0.15) is 32.2 Å². The molecule has 0 unspecified atom stereocenters. The molecule has 10 heteroatoms. The fraction of sp³-hybridized carbons (Fsp3) is 0.368. The summed E-state index contributed by atoms with van der Waals surface area (Å²) < 4.78 is 15.5. The topological polar surface area (TPSA) is 18.5 Å². The third-order valence-corrected chi connectivity index (χ3v) is 7.56. The zero-order valence-corrected chi connectivity index (χ0v) is 27.9. The fourth-order valence-electron chi connectivity index (χ4n) is 2.58. The van der Waals surface area contributed by atoms with Crippen molar-refractivity contribution in [1.82, 2.24) is 0 Å². The Hall–Kier alpha value is 1.88. The molecule has 0 atom stereocenters. The van der Waals surface area contributed by atoms with Crippen LogP contribution in [0, 0.1) is 0 Å². The average Bonchev–Trinajstić information content (AvgIpc) is 2.59. The Morgan fingerprint density at radius 1 is 0.655 bits per heavy atom. The van der Waals surface area contributed by atoms with Gasteiger partial charge in [-0.15, -0.1) is 0 Å². The number of ether oxygens (including phenoxy) is 2. The van der Waals surface area contributed by atoms with Gasteiger partial charge in [-0.05, 0) is 99.1 Å². The van der Waals surface area contributed by atoms with Gasteiger partial charge in [0.15, 0.2) is 0 Å². The second-order valence-electron chi connectivity index (χ2n) is 6.57. The summed E-state index contributed by atoms with van der Waals surface area (Å²) in [5.74, 6) is 1.55. The molecular formula is C19H16Br8O2. The molecule has 0 saturated heterocycles. The highest BCUT2D eigenvalue weighted by atomic mass is 79.9. The predicted molar refractivity (Wildman–Crippen MR) is 150 cm³/mol. The van der Waals surface area contributed by atoms with E-state index < -0.39 is 0 Å². The van der Waals surface area contributed by atoms with Crippen molar-refractivity contribution in [3.63, 3.8) is 0 Å². The molecule has 0 N–H and O–H groups in total. The molecule has 29 heavy (non-hydrogen) atoms. The van der Waals surface area contributed by atoms with Crippen LogP contribution in [0.15, 0.2) is 42.2 Å². The number of hydrogen-bond acceptors (Lipinski definition) is 2. The lowest BCUT2D eigenvalue weighted by atomic mass is 9.78. The van der Waals surface area contributed by atoms with Crippen LogP contribution in [0.3, 0.4) is 0 Å². The van der Waals surface area contributed by atoms with Gasteiger partial charge < -0.3 is 9.47 Å². The minimum Gasteiger partial charge on any atom is -0.489 e. The normalized spacial score (nSPS) is 12.0. The molecule has 0 saturated carbocycles. The SMILES string of the molecule is CC(C)(c1cc(Br)c(OCC(Br)Br)c(Br)c1)c1cc(Br)c(OCC(Br)Br)c(Br)c1. The van der Waals surface area contributed by atoms with Gasteiger partial charge in [0.2, 0.25) is 0 Å². The molecule has 2 aromatic rings. The first-order valence-corrected chi connectivity index (χ1v) is 15.1. The van der Waals surface area contributed by atoms with Crippen LogP contribution in [-0.2, 0) is 5.41 Å². The first-order valence-electron chi connectivity index (χ1n) is 8.24. The van der Waals surface area contributed by atoms with Crippen LogP contribution in [0.5, 0.6) is 11.5 Å². The third kappa shape index (κ3) is 7.44. The van der Waals surface area contributed by atoms with Gasteiger partial charge in [-0.2, -0.15) is 0 Å². The van der Waals surface area contributed by atoms with E-state index in [1.165, 1.54) is 0 Å². The van der Waals surface area contributed by atoms with E-state index in [9.17, 15) is 0 Å². The van der Waals surface area contributed by atoms with Crippen LogP contribution in [0.25, 0.3) is 0 Å². The van der Waals surface area contributed by atoms with Gasteiger partial charge in [-0.1, -0.05) is 77.6 Å². The first-order chi connectivity index (χ1) is 13.4. The molecule has 0 amide bonds. The molecule has 2 aromatic carbocycles. The van der Waals surface area contributed by atoms with Crippen LogP contribution < -0.4 is 9.47 Å². The van der Waals surface area contributed by atoms with E-state index in [1.807, 2.05) is 0 Å². The Kier molecular flexibility index (Phi) is 11.1. The van der Waals surface area contributed by atoms with Gasteiger partial charge in [0, 0.05) is 5.41 Å². The van der Waals surface area contributed by atoms with E-state index in [0.717, 1.165) is 40.5 Å². The Balaban J connectivity index is 2.39. The van der Waals surface area contributed by atoms with Crippen molar-refractivity contribution in [3.05, 3.63) is 53.3 Å². The summed E-state index contributed by atoms with van der Waals surface area (Å²) >= 11 is 28.3. The highest BCUT2D eigenvalue weighted by molar-refractivity contribution is 9.25. The van der Waals surface area contributed by atoms with E-state index in [-0.39, 0.29) is 12.9 Å². The van der Waals surface area contributed by atoms with E-state index in [0.29, 0.717) is 13.2 Å². The van der Waals surface area contributed by atoms with Crippen LogP contribution >= 0.6 is 127 Å². The van der Waals surface area contributed by atoms with Crippen molar-refractivity contribution in [2.45, 2.75) is 26.7 Å². The molecule has 0 fully saturated rings. The molecule has 0 aliphatic heterocycles. The van der Waals surface area contributed by atoms with E-state index in [2.05, 4.69) is 166 Å². The largest absolute Gasteiger partial charge is 0.489 e. The number of alkyl halides is 4. The minimum atomic E-state index is -0.256. The number of halogens is 8. The molecule has 0 radical (unpaired) electrons. The number of hydrogen-bond donors (Lipinski definition) is 0. The van der Waals surface area contributed by atoms with Crippen LogP contribution in [0.4, 0.5) is 0 Å². The summed E-state index contributed by atoms with van der Waals surface area (Å²) in [6.07, 6.45) is 0. The Bertz CT molecular complexity index is 752. The molecule has 0 aliphatic rings. The van der Waals surface area contributed by atoms with Crippen molar-refractivity contribution >= 4 is 127 Å². The van der Waals surface area contributed by atoms with Gasteiger partial charge in [0.05, 0.1) is 17.9 Å². The van der Waals surface area contributed by atoms with Crippen molar-refractivity contribution in [1.29, 1.82) is 0 Å². The molecular weight excluding hydrogens is 899 g/mol. The lowest BCUT2D eigenvalue weighted by Gasteiger charge is -2.28. The predicted octanol–water partition coefficient (Wildman–Crippen LogP) is 10.1. The second-order valence-corrected chi connectivity index (χ2v) is 16.9. The van der Waals surface area contributed by atoms with Crippen LogP contribution in [-0.4, -0.2) is 20.7 Å². The highest BCUT2D eigenvalue weighted by Gasteiger charge is 2.27.